The van der Waals surface area contributed by atoms with Crippen LogP contribution in [0.5, 0.6) is 0 Å². The highest BCUT2D eigenvalue weighted by molar-refractivity contribution is 6.22. The van der Waals surface area contributed by atoms with Gasteiger partial charge in [-0.3, -0.25) is 4.57 Å². The van der Waals surface area contributed by atoms with E-state index in [0.29, 0.717) is 5.95 Å². The van der Waals surface area contributed by atoms with E-state index in [1.807, 2.05) is 18.2 Å². The molecule has 0 aliphatic rings. The maximum Gasteiger partial charge on any atom is 0.235 e. The van der Waals surface area contributed by atoms with Crippen LogP contribution < -0.4 is 0 Å². The molecule has 52 heavy (non-hydrogen) atoms. The minimum absolute atomic E-state index is 0.646. The third-order valence-electron chi connectivity index (χ3n) is 10.4. The van der Waals surface area contributed by atoms with Gasteiger partial charge in [0, 0.05) is 38.1 Å². The average molecular weight is 664 g/mol. The van der Waals surface area contributed by atoms with E-state index < -0.39 is 0 Å². The first kappa shape index (κ1) is 28.8. The van der Waals surface area contributed by atoms with Gasteiger partial charge < -0.3 is 4.42 Å². The Bertz CT molecular complexity index is 3190. The van der Waals surface area contributed by atoms with Gasteiger partial charge in [0.2, 0.25) is 5.95 Å². The highest BCUT2D eigenvalue weighted by atomic mass is 16.3. The van der Waals surface area contributed by atoms with Crippen molar-refractivity contribution in [2.75, 3.05) is 0 Å². The summed E-state index contributed by atoms with van der Waals surface area (Å²) in [5.41, 5.74) is 11.3. The van der Waals surface area contributed by atoms with E-state index in [1.165, 1.54) is 21.7 Å². The lowest BCUT2D eigenvalue weighted by Gasteiger charge is -2.13. The van der Waals surface area contributed by atoms with Gasteiger partial charge in [-0.25, -0.2) is 9.97 Å². The predicted octanol–water partition coefficient (Wildman–Crippen LogP) is 12.8. The van der Waals surface area contributed by atoms with Crippen LogP contribution in [-0.2, 0) is 0 Å². The lowest BCUT2D eigenvalue weighted by atomic mass is 9.97. The lowest BCUT2D eigenvalue weighted by Crippen LogP contribution is -2.03. The molecular weight excluding hydrogens is 635 g/mol. The van der Waals surface area contributed by atoms with Gasteiger partial charge in [0.15, 0.2) is 0 Å². The Kier molecular flexibility index (Phi) is 6.22. The molecule has 0 atom stereocenters. The van der Waals surface area contributed by atoms with E-state index in [4.69, 9.17) is 14.4 Å². The highest BCUT2D eigenvalue weighted by Gasteiger charge is 2.20. The summed E-state index contributed by atoms with van der Waals surface area (Å²) in [5.74, 6) is 0.646. The zero-order valence-electron chi connectivity index (χ0n) is 28.0. The monoisotopic (exact) mass is 663 g/mol. The molecule has 0 radical (unpaired) electrons. The number of fused-ring (bicyclic) bond motifs is 9. The van der Waals surface area contributed by atoms with E-state index in [2.05, 4.69) is 162 Å². The standard InChI is InChI=1S/C48H29N3O/c1-2-12-30(13-3-1)32-14-10-15-34(28-32)46-38-17-4-7-21-41(38)49-48(50-46)51-42-22-8-5-18-39(42)45-40-29-33(25-24-31(40)26-27-43(45)51)35-19-11-20-37-36-16-6-9-23-44(36)52-47(35)37/h1-29H. The molecule has 11 rings (SSSR count). The van der Waals surface area contributed by atoms with E-state index in [1.54, 1.807) is 0 Å². The fourth-order valence-corrected chi connectivity index (χ4v) is 8.01. The van der Waals surface area contributed by atoms with Crippen LogP contribution in [0, 0.1) is 0 Å². The summed E-state index contributed by atoms with van der Waals surface area (Å²) in [6, 6.07) is 61.9. The van der Waals surface area contributed by atoms with Gasteiger partial charge in [-0.15, -0.1) is 0 Å². The van der Waals surface area contributed by atoms with Gasteiger partial charge in [0.25, 0.3) is 0 Å². The highest BCUT2D eigenvalue weighted by Crippen LogP contribution is 2.41. The molecule has 3 aromatic heterocycles. The van der Waals surface area contributed by atoms with Crippen molar-refractivity contribution in [3.63, 3.8) is 0 Å². The molecule has 0 amide bonds. The minimum Gasteiger partial charge on any atom is -0.455 e. The van der Waals surface area contributed by atoms with Gasteiger partial charge in [0.05, 0.1) is 22.2 Å². The van der Waals surface area contributed by atoms with Crippen LogP contribution in [-0.4, -0.2) is 14.5 Å². The topological polar surface area (TPSA) is 43.9 Å². The quantitative estimate of drug-likeness (QED) is 0.188. The van der Waals surface area contributed by atoms with Crippen molar-refractivity contribution in [2.45, 2.75) is 0 Å². The molecule has 4 nitrogen and oxygen atoms in total. The Labute approximate surface area is 298 Å². The molecule has 8 aromatic carbocycles. The summed E-state index contributed by atoms with van der Waals surface area (Å²) in [7, 11) is 0. The number of hydrogen-bond acceptors (Lipinski definition) is 3. The summed E-state index contributed by atoms with van der Waals surface area (Å²) in [5, 5.41) is 7.96. The van der Waals surface area contributed by atoms with Crippen LogP contribution in [0.2, 0.25) is 0 Å². The van der Waals surface area contributed by atoms with E-state index in [-0.39, 0.29) is 0 Å². The van der Waals surface area contributed by atoms with E-state index in [0.717, 1.165) is 77.2 Å². The molecule has 0 saturated heterocycles. The van der Waals surface area contributed by atoms with Crippen molar-refractivity contribution in [1.29, 1.82) is 0 Å². The zero-order valence-corrected chi connectivity index (χ0v) is 28.0. The Morgan fingerprint density at radius 2 is 1.13 bits per heavy atom. The second-order valence-corrected chi connectivity index (χ2v) is 13.4. The molecule has 0 unspecified atom stereocenters. The molecule has 0 saturated carbocycles. The smallest absolute Gasteiger partial charge is 0.235 e. The summed E-state index contributed by atoms with van der Waals surface area (Å²) in [6.07, 6.45) is 0. The molecule has 0 N–H and O–H groups in total. The largest absolute Gasteiger partial charge is 0.455 e. The summed E-state index contributed by atoms with van der Waals surface area (Å²) >= 11 is 0. The van der Waals surface area contributed by atoms with Crippen LogP contribution in [0.25, 0.3) is 105 Å². The molecule has 4 heteroatoms. The number of para-hydroxylation sites is 4. The fraction of sp³-hybridized carbons (Fsp3) is 0. The van der Waals surface area contributed by atoms with Crippen LogP contribution >= 0.6 is 0 Å². The van der Waals surface area contributed by atoms with Gasteiger partial charge in [-0.05, 0) is 63.9 Å². The summed E-state index contributed by atoms with van der Waals surface area (Å²) in [4.78, 5) is 10.6. The molecule has 0 spiro atoms. The summed E-state index contributed by atoms with van der Waals surface area (Å²) in [6.45, 7) is 0. The molecule has 0 fully saturated rings. The second-order valence-electron chi connectivity index (χ2n) is 13.4. The number of aromatic nitrogens is 3. The Morgan fingerprint density at radius 3 is 2.06 bits per heavy atom. The summed E-state index contributed by atoms with van der Waals surface area (Å²) < 4.78 is 8.69. The number of benzene rings is 8. The fourth-order valence-electron chi connectivity index (χ4n) is 8.01. The SMILES string of the molecule is c1ccc(-c2cccc(-c3nc(-n4c5ccccc5c5c6cc(-c7cccc8c7oc7ccccc78)ccc6ccc54)nc4ccccc34)c2)cc1. The third-order valence-corrected chi connectivity index (χ3v) is 10.4. The molecule has 242 valence electrons. The number of hydrogen-bond donors (Lipinski definition) is 0. The Hall–Kier alpha value is -7.04. The zero-order chi connectivity index (χ0) is 34.2. The Morgan fingerprint density at radius 1 is 0.423 bits per heavy atom. The molecule has 0 aliphatic carbocycles. The normalized spacial score (nSPS) is 11.8. The maximum absolute atomic E-state index is 6.46. The molecule has 3 heterocycles. The average Bonchev–Trinajstić information content (AvgIpc) is 3.77. The lowest BCUT2D eigenvalue weighted by molar-refractivity contribution is 0.670. The van der Waals surface area contributed by atoms with E-state index in [9.17, 15) is 0 Å². The minimum atomic E-state index is 0.646. The van der Waals surface area contributed by atoms with Gasteiger partial charge >= 0.3 is 0 Å². The van der Waals surface area contributed by atoms with Crippen LogP contribution in [0.1, 0.15) is 0 Å². The van der Waals surface area contributed by atoms with Crippen molar-refractivity contribution >= 4 is 65.4 Å². The van der Waals surface area contributed by atoms with Crippen LogP contribution in [0.15, 0.2) is 180 Å². The first-order valence-corrected chi connectivity index (χ1v) is 17.6. The molecular formula is C48H29N3O. The molecule has 0 aliphatic heterocycles. The van der Waals surface area contributed by atoms with Crippen molar-refractivity contribution in [3.8, 4) is 39.5 Å². The van der Waals surface area contributed by atoms with Gasteiger partial charge in [0.1, 0.15) is 11.2 Å². The third kappa shape index (κ3) is 4.34. The number of rotatable bonds is 4. The number of nitrogens with zero attached hydrogens (tertiary/aromatic N) is 3. The van der Waals surface area contributed by atoms with Crippen molar-refractivity contribution < 1.29 is 4.42 Å². The van der Waals surface area contributed by atoms with Gasteiger partial charge in [-0.1, -0.05) is 140 Å². The predicted molar refractivity (Wildman–Crippen MR) is 215 cm³/mol. The van der Waals surface area contributed by atoms with Crippen molar-refractivity contribution in [1.82, 2.24) is 14.5 Å². The van der Waals surface area contributed by atoms with E-state index >= 15 is 0 Å². The van der Waals surface area contributed by atoms with Crippen LogP contribution in [0.4, 0.5) is 0 Å². The number of furan rings is 1. The van der Waals surface area contributed by atoms with Crippen molar-refractivity contribution in [3.05, 3.63) is 176 Å². The van der Waals surface area contributed by atoms with Crippen molar-refractivity contribution in [2.24, 2.45) is 0 Å². The molecule has 0 bridgehead atoms. The van der Waals surface area contributed by atoms with Crippen LogP contribution in [0.3, 0.4) is 0 Å². The molecule has 11 aromatic rings. The maximum atomic E-state index is 6.46. The van der Waals surface area contributed by atoms with Gasteiger partial charge in [-0.2, -0.15) is 0 Å². The Balaban J connectivity index is 1.16. The second kappa shape index (κ2) is 11.2. The first-order chi connectivity index (χ1) is 25.8. The first-order valence-electron chi connectivity index (χ1n) is 17.6.